The molecule has 1 heterocycles. The maximum Gasteiger partial charge on any atom is 0.0833 e. The summed E-state index contributed by atoms with van der Waals surface area (Å²) in [6, 6.07) is 6.70. The number of benzene rings is 1. The molecule has 1 aromatic heterocycles. The first-order valence-corrected chi connectivity index (χ1v) is 6.56. The van der Waals surface area contributed by atoms with E-state index in [9.17, 15) is 0 Å². The van der Waals surface area contributed by atoms with E-state index in [1.165, 1.54) is 16.7 Å². The zero-order valence-electron chi connectivity index (χ0n) is 11.6. The van der Waals surface area contributed by atoms with Crippen molar-refractivity contribution in [1.29, 1.82) is 0 Å². The minimum Gasteiger partial charge on any atom is -0.253 e. The van der Waals surface area contributed by atoms with Crippen LogP contribution in [-0.2, 0) is 13.0 Å². The number of aryl methyl sites for hydroxylation is 3. The van der Waals surface area contributed by atoms with Crippen LogP contribution in [0.15, 0.2) is 24.4 Å². The number of hydrogen-bond donors (Lipinski definition) is 0. The molecule has 0 aliphatic carbocycles. The first kappa shape index (κ1) is 12.8. The van der Waals surface area contributed by atoms with Gasteiger partial charge < -0.3 is 0 Å². The molecule has 0 fully saturated rings. The predicted molar refractivity (Wildman–Crippen MR) is 73.7 cm³/mol. The van der Waals surface area contributed by atoms with Gasteiger partial charge in [-0.1, -0.05) is 30.3 Å². The van der Waals surface area contributed by atoms with Crippen LogP contribution in [0.5, 0.6) is 0 Å². The number of rotatable bonds is 4. The third-order valence-corrected chi connectivity index (χ3v) is 3.53. The van der Waals surface area contributed by atoms with Crippen molar-refractivity contribution in [2.45, 2.75) is 46.6 Å². The fraction of sp³-hybridized carbons (Fsp3) is 0.467. The molecule has 0 aliphatic rings. The molecule has 0 saturated heterocycles. The maximum absolute atomic E-state index is 4.21. The van der Waals surface area contributed by atoms with Crippen LogP contribution >= 0.6 is 0 Å². The Hall–Kier alpha value is -1.64. The predicted octanol–water partition coefficient (Wildman–Crippen LogP) is 3.26. The van der Waals surface area contributed by atoms with Crippen LogP contribution in [0.2, 0.25) is 0 Å². The van der Waals surface area contributed by atoms with E-state index in [4.69, 9.17) is 0 Å². The lowest BCUT2D eigenvalue weighted by atomic mass is 9.94. The lowest BCUT2D eigenvalue weighted by molar-refractivity contribution is 0.626. The Morgan fingerprint density at radius 2 is 2.00 bits per heavy atom. The van der Waals surface area contributed by atoms with E-state index in [-0.39, 0.29) is 0 Å². The second-order valence-corrected chi connectivity index (χ2v) is 5.01. The monoisotopic (exact) mass is 243 g/mol. The van der Waals surface area contributed by atoms with Crippen LogP contribution in [0.1, 0.15) is 42.1 Å². The van der Waals surface area contributed by atoms with E-state index in [1.807, 2.05) is 10.9 Å². The molecule has 0 radical (unpaired) electrons. The van der Waals surface area contributed by atoms with Gasteiger partial charge in [0.2, 0.25) is 0 Å². The maximum atomic E-state index is 4.21. The lowest BCUT2D eigenvalue weighted by Gasteiger charge is -2.12. The standard InChI is InChI=1S/C15H21N3/c1-5-18-10-15(16-17-18)9-13(4)14-7-6-11(2)12(3)8-14/h6-8,10,13H,5,9H2,1-4H3. The second-order valence-electron chi connectivity index (χ2n) is 5.01. The highest BCUT2D eigenvalue weighted by molar-refractivity contribution is 5.32. The number of aromatic nitrogens is 3. The van der Waals surface area contributed by atoms with Crippen molar-refractivity contribution in [3.63, 3.8) is 0 Å². The summed E-state index contributed by atoms with van der Waals surface area (Å²) >= 11 is 0. The molecular formula is C15H21N3. The average molecular weight is 243 g/mol. The Bertz CT molecular complexity index is 528. The van der Waals surface area contributed by atoms with Gasteiger partial charge in [0.15, 0.2) is 0 Å². The summed E-state index contributed by atoms with van der Waals surface area (Å²) in [7, 11) is 0. The van der Waals surface area contributed by atoms with E-state index < -0.39 is 0 Å². The molecule has 1 atom stereocenters. The molecule has 0 aliphatic heterocycles. The van der Waals surface area contributed by atoms with Crippen molar-refractivity contribution in [2.75, 3.05) is 0 Å². The van der Waals surface area contributed by atoms with Crippen LogP contribution in [0.4, 0.5) is 0 Å². The van der Waals surface area contributed by atoms with Gasteiger partial charge in [0.25, 0.3) is 0 Å². The van der Waals surface area contributed by atoms with Gasteiger partial charge in [-0.15, -0.1) is 5.10 Å². The van der Waals surface area contributed by atoms with Gasteiger partial charge >= 0.3 is 0 Å². The Labute approximate surface area is 109 Å². The summed E-state index contributed by atoms with van der Waals surface area (Å²) in [5.74, 6) is 0.478. The van der Waals surface area contributed by atoms with Gasteiger partial charge in [-0.3, -0.25) is 4.68 Å². The first-order chi connectivity index (χ1) is 8.60. The van der Waals surface area contributed by atoms with E-state index in [2.05, 4.69) is 56.2 Å². The Kier molecular flexibility index (Phi) is 3.80. The third kappa shape index (κ3) is 2.78. The molecule has 18 heavy (non-hydrogen) atoms. The minimum absolute atomic E-state index is 0.478. The van der Waals surface area contributed by atoms with E-state index >= 15 is 0 Å². The molecule has 0 spiro atoms. The summed E-state index contributed by atoms with van der Waals surface area (Å²) in [6.07, 6.45) is 2.99. The topological polar surface area (TPSA) is 30.7 Å². The van der Waals surface area contributed by atoms with Crippen molar-refractivity contribution in [2.24, 2.45) is 0 Å². The summed E-state index contributed by atoms with van der Waals surface area (Å²) in [4.78, 5) is 0. The van der Waals surface area contributed by atoms with Crippen LogP contribution < -0.4 is 0 Å². The number of hydrogen-bond acceptors (Lipinski definition) is 2. The van der Waals surface area contributed by atoms with Crippen molar-refractivity contribution < 1.29 is 0 Å². The van der Waals surface area contributed by atoms with Gasteiger partial charge in [0, 0.05) is 12.7 Å². The van der Waals surface area contributed by atoms with Gasteiger partial charge in [-0.05, 0) is 49.8 Å². The molecule has 1 unspecified atom stereocenters. The van der Waals surface area contributed by atoms with Gasteiger partial charge in [-0.2, -0.15) is 0 Å². The smallest absolute Gasteiger partial charge is 0.0833 e. The SMILES string of the molecule is CCn1cc(CC(C)c2ccc(C)c(C)c2)nn1. The Morgan fingerprint density at radius 3 is 2.61 bits per heavy atom. The second kappa shape index (κ2) is 5.34. The van der Waals surface area contributed by atoms with Crippen LogP contribution in [0.3, 0.4) is 0 Å². The molecule has 0 amide bonds. The van der Waals surface area contributed by atoms with Gasteiger partial charge in [0.05, 0.1) is 5.69 Å². The fourth-order valence-electron chi connectivity index (χ4n) is 2.09. The normalized spacial score (nSPS) is 12.7. The molecule has 2 rings (SSSR count). The van der Waals surface area contributed by atoms with Crippen molar-refractivity contribution in [1.82, 2.24) is 15.0 Å². The third-order valence-electron chi connectivity index (χ3n) is 3.53. The summed E-state index contributed by atoms with van der Waals surface area (Å²) in [6.45, 7) is 9.51. The molecule has 3 nitrogen and oxygen atoms in total. The Balaban J connectivity index is 2.11. The van der Waals surface area contributed by atoms with Crippen molar-refractivity contribution in [3.05, 3.63) is 46.8 Å². The minimum atomic E-state index is 0.478. The van der Waals surface area contributed by atoms with E-state index in [0.717, 1.165) is 18.7 Å². The Morgan fingerprint density at radius 1 is 1.22 bits per heavy atom. The van der Waals surface area contributed by atoms with Crippen LogP contribution in [0, 0.1) is 13.8 Å². The molecule has 3 heteroatoms. The zero-order valence-corrected chi connectivity index (χ0v) is 11.6. The summed E-state index contributed by atoms with van der Waals surface area (Å²) < 4.78 is 1.88. The van der Waals surface area contributed by atoms with Crippen molar-refractivity contribution in [3.8, 4) is 0 Å². The molecular weight excluding hydrogens is 222 g/mol. The van der Waals surface area contributed by atoms with Gasteiger partial charge in [-0.25, -0.2) is 0 Å². The first-order valence-electron chi connectivity index (χ1n) is 6.56. The molecule has 0 N–H and O–H groups in total. The lowest BCUT2D eigenvalue weighted by Crippen LogP contribution is -2.00. The van der Waals surface area contributed by atoms with Crippen LogP contribution in [0.25, 0.3) is 0 Å². The molecule has 96 valence electrons. The highest BCUT2D eigenvalue weighted by Gasteiger charge is 2.10. The highest BCUT2D eigenvalue weighted by atomic mass is 15.4. The zero-order chi connectivity index (χ0) is 13.1. The average Bonchev–Trinajstić information content (AvgIpc) is 2.80. The van der Waals surface area contributed by atoms with E-state index in [1.54, 1.807) is 0 Å². The quantitative estimate of drug-likeness (QED) is 0.825. The molecule has 0 saturated carbocycles. The molecule has 0 bridgehead atoms. The highest BCUT2D eigenvalue weighted by Crippen LogP contribution is 2.21. The number of nitrogens with zero attached hydrogens (tertiary/aromatic N) is 3. The summed E-state index contributed by atoms with van der Waals surface area (Å²) in [5.41, 5.74) is 5.16. The molecule has 2 aromatic rings. The summed E-state index contributed by atoms with van der Waals surface area (Å²) in [5, 5.41) is 8.29. The van der Waals surface area contributed by atoms with Crippen LogP contribution in [-0.4, -0.2) is 15.0 Å². The largest absolute Gasteiger partial charge is 0.253 e. The van der Waals surface area contributed by atoms with E-state index in [0.29, 0.717) is 5.92 Å². The van der Waals surface area contributed by atoms with Crippen molar-refractivity contribution >= 4 is 0 Å². The van der Waals surface area contributed by atoms with Gasteiger partial charge in [0.1, 0.15) is 0 Å². The fourth-order valence-corrected chi connectivity index (χ4v) is 2.09. The molecule has 1 aromatic carbocycles.